The highest BCUT2D eigenvalue weighted by atomic mass is 16.6. The van der Waals surface area contributed by atoms with Gasteiger partial charge in [0.25, 0.3) is 0 Å². The summed E-state index contributed by atoms with van der Waals surface area (Å²) in [6, 6.07) is 16.3. The summed E-state index contributed by atoms with van der Waals surface area (Å²) in [6.07, 6.45) is 4.76. The minimum atomic E-state index is -0.544. The molecule has 3 aromatic rings. The van der Waals surface area contributed by atoms with E-state index in [2.05, 4.69) is 23.2 Å². The van der Waals surface area contributed by atoms with Crippen molar-refractivity contribution in [2.24, 2.45) is 0 Å². The van der Waals surface area contributed by atoms with E-state index in [9.17, 15) is 10.1 Å². The first-order chi connectivity index (χ1) is 11.2. The molecule has 1 aromatic heterocycles. The quantitative estimate of drug-likeness (QED) is 0.586. The number of rotatable bonds is 3. The highest BCUT2D eigenvalue weighted by Gasteiger charge is 2.44. The van der Waals surface area contributed by atoms with Crippen molar-refractivity contribution < 1.29 is 4.92 Å². The van der Waals surface area contributed by atoms with E-state index >= 15 is 0 Å². The van der Waals surface area contributed by atoms with Gasteiger partial charge in [-0.25, -0.2) is 0 Å². The van der Waals surface area contributed by atoms with Crippen LogP contribution in [0.15, 0.2) is 54.7 Å². The zero-order chi connectivity index (χ0) is 15.9. The molecule has 0 amide bonds. The van der Waals surface area contributed by atoms with Gasteiger partial charge in [-0.15, -0.1) is 0 Å². The Bertz CT molecular complexity index is 884. The molecule has 1 atom stereocenters. The van der Waals surface area contributed by atoms with Crippen LogP contribution in [0, 0.1) is 10.1 Å². The summed E-state index contributed by atoms with van der Waals surface area (Å²) >= 11 is 0. The first-order valence-electron chi connectivity index (χ1n) is 7.97. The molecule has 23 heavy (non-hydrogen) atoms. The monoisotopic (exact) mass is 306 g/mol. The second-order valence-corrected chi connectivity index (χ2v) is 6.33. The number of nitrogens with zero attached hydrogens (tertiary/aromatic N) is 1. The lowest BCUT2D eigenvalue weighted by Gasteiger charge is -2.36. The molecule has 4 heteroatoms. The van der Waals surface area contributed by atoms with Crippen LogP contribution in [0.4, 0.5) is 0 Å². The van der Waals surface area contributed by atoms with Crippen molar-refractivity contribution in [1.82, 2.24) is 4.98 Å². The maximum atomic E-state index is 11.5. The van der Waals surface area contributed by atoms with E-state index in [4.69, 9.17) is 0 Å². The Balaban J connectivity index is 2.01. The van der Waals surface area contributed by atoms with Crippen LogP contribution in [0.2, 0.25) is 0 Å². The number of aromatic amines is 1. The Morgan fingerprint density at radius 1 is 1.09 bits per heavy atom. The van der Waals surface area contributed by atoms with Crippen LogP contribution >= 0.6 is 0 Å². The van der Waals surface area contributed by atoms with Crippen LogP contribution < -0.4 is 0 Å². The average molecular weight is 306 g/mol. The smallest absolute Gasteiger partial charge is 0.217 e. The van der Waals surface area contributed by atoms with Crippen molar-refractivity contribution in [3.8, 4) is 0 Å². The molecule has 0 saturated heterocycles. The van der Waals surface area contributed by atoms with Crippen LogP contribution in [0.1, 0.15) is 29.5 Å². The van der Waals surface area contributed by atoms with E-state index in [0.717, 1.165) is 41.3 Å². The number of hydrogen-bond acceptors (Lipinski definition) is 2. The van der Waals surface area contributed by atoms with E-state index < -0.39 is 5.41 Å². The number of H-pyrrole nitrogens is 1. The fourth-order valence-electron chi connectivity index (χ4n) is 4.14. The maximum Gasteiger partial charge on any atom is 0.217 e. The number of benzene rings is 2. The van der Waals surface area contributed by atoms with Crippen LogP contribution in [0.25, 0.3) is 10.9 Å². The first-order valence-corrected chi connectivity index (χ1v) is 7.97. The molecule has 4 rings (SSSR count). The summed E-state index contributed by atoms with van der Waals surface area (Å²) in [7, 11) is 0. The fraction of sp³-hybridized carbons (Fsp3) is 0.263. The second-order valence-electron chi connectivity index (χ2n) is 6.33. The van der Waals surface area contributed by atoms with E-state index in [1.165, 1.54) is 5.56 Å². The Labute approximate surface area is 134 Å². The van der Waals surface area contributed by atoms with E-state index in [1.54, 1.807) is 0 Å². The van der Waals surface area contributed by atoms with Crippen LogP contribution in [0.3, 0.4) is 0 Å². The molecule has 116 valence electrons. The zero-order valence-corrected chi connectivity index (χ0v) is 12.8. The molecule has 1 N–H and O–H groups in total. The van der Waals surface area contributed by atoms with Crippen molar-refractivity contribution in [3.63, 3.8) is 0 Å². The van der Waals surface area contributed by atoms with Gasteiger partial charge < -0.3 is 4.98 Å². The highest BCUT2D eigenvalue weighted by molar-refractivity contribution is 5.85. The Kier molecular flexibility index (Phi) is 3.18. The number of fused-ring (bicyclic) bond motifs is 2. The van der Waals surface area contributed by atoms with Crippen molar-refractivity contribution in [3.05, 3.63) is 81.5 Å². The van der Waals surface area contributed by atoms with Gasteiger partial charge in [-0.2, -0.15) is 0 Å². The molecular weight excluding hydrogens is 288 g/mol. The number of aryl methyl sites for hydroxylation is 1. The Morgan fingerprint density at radius 2 is 1.87 bits per heavy atom. The average Bonchev–Trinajstić information content (AvgIpc) is 2.99. The highest BCUT2D eigenvalue weighted by Crippen LogP contribution is 2.45. The maximum absolute atomic E-state index is 11.5. The summed E-state index contributed by atoms with van der Waals surface area (Å²) in [4.78, 5) is 14.6. The number of nitro groups is 1. The summed E-state index contributed by atoms with van der Waals surface area (Å²) in [5, 5.41) is 12.6. The Morgan fingerprint density at radius 3 is 2.74 bits per heavy atom. The molecule has 4 nitrogen and oxygen atoms in total. The SMILES string of the molecule is O=[N+]([O-])C[C@@]1(c2c[nH]c3ccccc23)CCCc2ccccc21. The van der Waals surface area contributed by atoms with Crippen molar-refractivity contribution in [2.75, 3.05) is 6.54 Å². The molecule has 0 fully saturated rings. The third kappa shape index (κ3) is 2.13. The van der Waals surface area contributed by atoms with E-state index in [0.29, 0.717) is 0 Å². The molecule has 1 aliphatic rings. The fourth-order valence-corrected chi connectivity index (χ4v) is 4.14. The molecule has 0 aliphatic heterocycles. The molecule has 2 aromatic carbocycles. The van der Waals surface area contributed by atoms with Gasteiger partial charge in [-0.1, -0.05) is 42.5 Å². The van der Waals surface area contributed by atoms with Gasteiger partial charge in [-0.3, -0.25) is 10.1 Å². The molecule has 1 aliphatic carbocycles. The largest absolute Gasteiger partial charge is 0.361 e. The summed E-state index contributed by atoms with van der Waals surface area (Å²) in [6.45, 7) is -0.0636. The molecule has 0 saturated carbocycles. The lowest BCUT2D eigenvalue weighted by atomic mass is 9.66. The summed E-state index contributed by atoms with van der Waals surface area (Å²) in [5.74, 6) is 0. The predicted molar refractivity (Wildman–Crippen MR) is 90.3 cm³/mol. The van der Waals surface area contributed by atoms with Crippen LogP contribution in [0.5, 0.6) is 0 Å². The van der Waals surface area contributed by atoms with Gasteiger partial charge >= 0.3 is 0 Å². The predicted octanol–water partition coefficient (Wildman–Crippen LogP) is 4.07. The minimum absolute atomic E-state index is 0.0636. The van der Waals surface area contributed by atoms with Gasteiger partial charge in [0, 0.05) is 22.0 Å². The lowest BCUT2D eigenvalue weighted by molar-refractivity contribution is -0.489. The molecule has 0 bridgehead atoms. The minimum Gasteiger partial charge on any atom is -0.361 e. The van der Waals surface area contributed by atoms with Crippen LogP contribution in [-0.2, 0) is 11.8 Å². The molecule has 1 heterocycles. The first kappa shape index (κ1) is 14.0. The van der Waals surface area contributed by atoms with Gasteiger partial charge in [-0.05, 0) is 42.0 Å². The van der Waals surface area contributed by atoms with Gasteiger partial charge in [0.2, 0.25) is 6.54 Å². The number of para-hydroxylation sites is 1. The number of nitrogens with one attached hydrogen (secondary N) is 1. The standard InChI is InChI=1S/C19H18N2O2/c22-21(23)13-19(11-5-7-14-6-1-3-9-16(14)19)17-12-20-18-10-4-2-8-15(17)18/h1-4,6,8-10,12,20H,5,7,11,13H2/t19-/m0/s1. The zero-order valence-electron chi connectivity index (χ0n) is 12.8. The van der Waals surface area contributed by atoms with Crippen LogP contribution in [-0.4, -0.2) is 16.5 Å². The van der Waals surface area contributed by atoms with Gasteiger partial charge in [0.15, 0.2) is 0 Å². The molecular formula is C19H18N2O2. The normalized spacial score (nSPS) is 20.3. The van der Waals surface area contributed by atoms with E-state index in [1.807, 2.05) is 36.5 Å². The third-order valence-corrected chi connectivity index (χ3v) is 5.09. The summed E-state index contributed by atoms with van der Waals surface area (Å²) < 4.78 is 0. The molecule has 0 radical (unpaired) electrons. The third-order valence-electron chi connectivity index (χ3n) is 5.09. The molecule has 0 unspecified atom stereocenters. The van der Waals surface area contributed by atoms with Gasteiger partial charge in [0.05, 0.1) is 5.41 Å². The number of aromatic nitrogens is 1. The number of hydrogen-bond donors (Lipinski definition) is 1. The Hall–Kier alpha value is -2.62. The second kappa shape index (κ2) is 5.23. The van der Waals surface area contributed by atoms with Crippen molar-refractivity contribution in [2.45, 2.75) is 24.7 Å². The van der Waals surface area contributed by atoms with Gasteiger partial charge in [0.1, 0.15) is 0 Å². The molecule has 0 spiro atoms. The topological polar surface area (TPSA) is 58.9 Å². The lowest BCUT2D eigenvalue weighted by Crippen LogP contribution is -2.39. The van der Waals surface area contributed by atoms with E-state index in [-0.39, 0.29) is 11.5 Å². The van der Waals surface area contributed by atoms with Crippen molar-refractivity contribution in [1.29, 1.82) is 0 Å². The van der Waals surface area contributed by atoms with Crippen molar-refractivity contribution >= 4 is 10.9 Å². The summed E-state index contributed by atoms with van der Waals surface area (Å²) in [5.41, 5.74) is 3.90.